The van der Waals surface area contributed by atoms with Gasteiger partial charge in [0.2, 0.25) is 0 Å². The fourth-order valence-electron chi connectivity index (χ4n) is 2.86. The van der Waals surface area contributed by atoms with E-state index in [1.54, 1.807) is 0 Å². The molecule has 1 atom stereocenters. The smallest absolute Gasteiger partial charge is 0.127 e. The molecule has 3 heteroatoms. The van der Waals surface area contributed by atoms with Crippen molar-refractivity contribution >= 4 is 6.21 Å². The maximum atomic E-state index is 8.84. The fourth-order valence-corrected chi connectivity index (χ4v) is 2.86. The summed E-state index contributed by atoms with van der Waals surface area (Å²) in [6.07, 6.45) is 1.67. The molecular formula is C16H23NO2. The summed E-state index contributed by atoms with van der Waals surface area (Å²) in [5, 5.41) is 12.0. The Morgan fingerprint density at radius 2 is 2.05 bits per heavy atom. The van der Waals surface area contributed by atoms with Crippen molar-refractivity contribution in [2.24, 2.45) is 5.16 Å². The first-order valence-electron chi connectivity index (χ1n) is 6.82. The van der Waals surface area contributed by atoms with Crippen molar-refractivity contribution in [1.29, 1.82) is 0 Å². The molecule has 0 bridgehead atoms. The first-order chi connectivity index (χ1) is 8.80. The zero-order chi connectivity index (χ0) is 14.4. The maximum Gasteiger partial charge on any atom is 0.127 e. The van der Waals surface area contributed by atoms with Gasteiger partial charge in [-0.25, -0.2) is 0 Å². The van der Waals surface area contributed by atoms with Crippen LogP contribution in [0.5, 0.6) is 5.75 Å². The van der Waals surface area contributed by atoms with Crippen LogP contribution >= 0.6 is 0 Å². The minimum Gasteiger partial charge on any atom is -0.489 e. The van der Waals surface area contributed by atoms with Gasteiger partial charge in [-0.05, 0) is 42.5 Å². The number of benzene rings is 1. The largest absolute Gasteiger partial charge is 0.489 e. The molecule has 19 heavy (non-hydrogen) atoms. The van der Waals surface area contributed by atoms with E-state index in [0.29, 0.717) is 5.92 Å². The van der Waals surface area contributed by atoms with Crippen LogP contribution in [-0.4, -0.2) is 17.5 Å². The van der Waals surface area contributed by atoms with Crippen molar-refractivity contribution in [3.63, 3.8) is 0 Å². The summed E-state index contributed by atoms with van der Waals surface area (Å²) in [5.74, 6) is 1.40. The number of fused-ring (bicyclic) bond motifs is 1. The van der Waals surface area contributed by atoms with Gasteiger partial charge in [-0.1, -0.05) is 32.9 Å². The summed E-state index contributed by atoms with van der Waals surface area (Å²) in [4.78, 5) is 0. The molecule has 1 unspecified atom stereocenters. The van der Waals surface area contributed by atoms with Gasteiger partial charge in [-0.15, -0.1) is 0 Å². The molecule has 0 fully saturated rings. The molecule has 0 spiro atoms. The summed E-state index contributed by atoms with van der Waals surface area (Å²) >= 11 is 0. The summed E-state index contributed by atoms with van der Waals surface area (Å²) in [6.45, 7) is 12.9. The third-order valence-electron chi connectivity index (χ3n) is 4.38. The summed E-state index contributed by atoms with van der Waals surface area (Å²) in [6, 6.07) is 2.08. The summed E-state index contributed by atoms with van der Waals surface area (Å²) < 4.78 is 6.12. The summed E-state index contributed by atoms with van der Waals surface area (Å²) in [7, 11) is 0. The van der Waals surface area contributed by atoms with Gasteiger partial charge in [-0.2, -0.15) is 0 Å². The van der Waals surface area contributed by atoms with Gasteiger partial charge in [0.25, 0.3) is 0 Å². The predicted molar refractivity (Wildman–Crippen MR) is 77.8 cm³/mol. The molecule has 1 aromatic carbocycles. The number of hydrogen-bond acceptors (Lipinski definition) is 3. The Hall–Kier alpha value is -1.51. The van der Waals surface area contributed by atoms with Crippen LogP contribution in [0, 0.1) is 6.92 Å². The van der Waals surface area contributed by atoms with E-state index in [1.165, 1.54) is 17.3 Å². The highest BCUT2D eigenvalue weighted by molar-refractivity contribution is 5.84. The molecular weight excluding hydrogens is 238 g/mol. The first kappa shape index (κ1) is 13.9. The number of ether oxygens (including phenoxy) is 1. The van der Waals surface area contributed by atoms with Gasteiger partial charge >= 0.3 is 0 Å². The van der Waals surface area contributed by atoms with Gasteiger partial charge in [-0.3, -0.25) is 0 Å². The van der Waals surface area contributed by atoms with Crippen molar-refractivity contribution in [1.82, 2.24) is 0 Å². The molecule has 0 radical (unpaired) electrons. The van der Waals surface area contributed by atoms with Crippen LogP contribution in [0.1, 0.15) is 62.8 Å². The highest BCUT2D eigenvalue weighted by Gasteiger charge is 2.42. The third-order valence-corrected chi connectivity index (χ3v) is 4.38. The maximum absolute atomic E-state index is 8.84. The molecule has 1 aromatic rings. The van der Waals surface area contributed by atoms with Gasteiger partial charge in [0.15, 0.2) is 0 Å². The van der Waals surface area contributed by atoms with E-state index in [2.05, 4.69) is 52.8 Å². The Bertz CT molecular complexity index is 530. The lowest BCUT2D eigenvalue weighted by atomic mass is 9.77. The van der Waals surface area contributed by atoms with Gasteiger partial charge < -0.3 is 9.94 Å². The van der Waals surface area contributed by atoms with Crippen molar-refractivity contribution in [2.75, 3.05) is 0 Å². The molecule has 0 aromatic heterocycles. The van der Waals surface area contributed by atoms with Gasteiger partial charge in [0.05, 0.1) is 6.21 Å². The second-order valence-corrected chi connectivity index (χ2v) is 6.27. The molecule has 0 saturated carbocycles. The van der Waals surface area contributed by atoms with Crippen LogP contribution in [0.2, 0.25) is 0 Å². The highest BCUT2D eigenvalue weighted by Crippen LogP contribution is 2.48. The van der Waals surface area contributed by atoms with Crippen molar-refractivity contribution in [2.45, 2.75) is 59.0 Å². The Morgan fingerprint density at radius 1 is 1.42 bits per heavy atom. The van der Waals surface area contributed by atoms with E-state index < -0.39 is 0 Å². The molecule has 1 aliphatic rings. The Kier molecular flexibility index (Phi) is 3.33. The normalized spacial score (nSPS) is 20.9. The van der Waals surface area contributed by atoms with Gasteiger partial charge in [0, 0.05) is 11.0 Å². The molecule has 1 N–H and O–H groups in total. The zero-order valence-corrected chi connectivity index (χ0v) is 12.6. The zero-order valence-electron chi connectivity index (χ0n) is 12.6. The summed E-state index contributed by atoms with van der Waals surface area (Å²) in [5.41, 5.74) is 4.53. The second-order valence-electron chi connectivity index (χ2n) is 6.27. The Balaban J connectivity index is 2.77. The molecule has 0 amide bonds. The molecule has 0 saturated heterocycles. The number of rotatable bonds is 2. The SMILES string of the molecule is Cc1c(C=NO)cc(C(C)C)c2c1C(C)(C)C(C)O2. The minimum atomic E-state index is -0.0254. The number of nitrogens with zero attached hydrogens (tertiary/aromatic N) is 1. The predicted octanol–water partition coefficient (Wildman–Crippen LogP) is 3.99. The van der Waals surface area contributed by atoms with E-state index in [1.807, 2.05) is 0 Å². The van der Waals surface area contributed by atoms with E-state index in [-0.39, 0.29) is 11.5 Å². The van der Waals surface area contributed by atoms with Crippen LogP contribution in [0.15, 0.2) is 11.2 Å². The molecule has 1 heterocycles. The average molecular weight is 261 g/mol. The Morgan fingerprint density at radius 3 is 2.58 bits per heavy atom. The van der Waals surface area contributed by atoms with Crippen LogP contribution in [0.3, 0.4) is 0 Å². The van der Waals surface area contributed by atoms with E-state index in [4.69, 9.17) is 9.94 Å². The lowest BCUT2D eigenvalue weighted by Crippen LogP contribution is -2.29. The lowest BCUT2D eigenvalue weighted by Gasteiger charge is -2.24. The van der Waals surface area contributed by atoms with Crippen LogP contribution in [0.25, 0.3) is 0 Å². The van der Waals surface area contributed by atoms with Crippen molar-refractivity contribution in [3.8, 4) is 5.75 Å². The van der Waals surface area contributed by atoms with Crippen molar-refractivity contribution < 1.29 is 9.94 Å². The van der Waals surface area contributed by atoms with Crippen LogP contribution < -0.4 is 4.74 Å². The third kappa shape index (κ3) is 2.01. The topological polar surface area (TPSA) is 41.8 Å². The van der Waals surface area contributed by atoms with Crippen molar-refractivity contribution in [3.05, 3.63) is 28.3 Å². The van der Waals surface area contributed by atoms with Gasteiger partial charge in [0.1, 0.15) is 11.9 Å². The average Bonchev–Trinajstić information content (AvgIpc) is 2.54. The quantitative estimate of drug-likeness (QED) is 0.497. The molecule has 104 valence electrons. The van der Waals surface area contributed by atoms with E-state index >= 15 is 0 Å². The van der Waals surface area contributed by atoms with Crippen LogP contribution in [-0.2, 0) is 5.41 Å². The fraction of sp³-hybridized carbons (Fsp3) is 0.562. The standard InChI is InChI=1S/C16H23NO2/c1-9(2)13-7-12(8-17-18)10(3)14-15(13)19-11(4)16(14,5)6/h7-9,11,18H,1-6H3. The first-order valence-corrected chi connectivity index (χ1v) is 6.82. The lowest BCUT2D eigenvalue weighted by molar-refractivity contribution is 0.184. The molecule has 0 aliphatic carbocycles. The molecule has 2 rings (SSSR count). The van der Waals surface area contributed by atoms with E-state index in [9.17, 15) is 0 Å². The van der Waals surface area contributed by atoms with E-state index in [0.717, 1.165) is 16.9 Å². The number of hydrogen-bond donors (Lipinski definition) is 1. The molecule has 1 aliphatic heterocycles. The Labute approximate surface area is 115 Å². The number of oxime groups is 1. The second kappa shape index (κ2) is 4.55. The minimum absolute atomic E-state index is 0.0254. The monoisotopic (exact) mass is 261 g/mol. The van der Waals surface area contributed by atoms with Crippen LogP contribution in [0.4, 0.5) is 0 Å². The molecule has 3 nitrogen and oxygen atoms in total. The highest BCUT2D eigenvalue weighted by atomic mass is 16.5.